The van der Waals surface area contributed by atoms with Crippen LogP contribution in [0.1, 0.15) is 22.8 Å². The fraction of sp³-hybridized carbons (Fsp3) is 0.188. The molecule has 0 bridgehead atoms. The van der Waals surface area contributed by atoms with E-state index in [1.165, 1.54) is 36.1 Å². The molecule has 1 aliphatic rings. The molecule has 3 heterocycles. The number of nitrogens with zero attached hydrogens (tertiary/aromatic N) is 3. The van der Waals surface area contributed by atoms with Gasteiger partial charge < -0.3 is 24.3 Å². The lowest BCUT2D eigenvalue weighted by Gasteiger charge is -2.23. The van der Waals surface area contributed by atoms with Crippen molar-refractivity contribution in [1.29, 1.82) is 0 Å². The van der Waals surface area contributed by atoms with Gasteiger partial charge in [-0.2, -0.15) is 0 Å². The molecule has 6 rings (SSSR count). The molecule has 3 aromatic carbocycles. The van der Waals surface area contributed by atoms with Crippen LogP contribution in [-0.4, -0.2) is 40.3 Å². The Hall–Kier alpha value is -5.72. The van der Waals surface area contributed by atoms with Crippen LogP contribution < -0.4 is 35.5 Å². The number of ether oxygens (including phenoxy) is 4. The number of pyridine rings is 1. The number of amides is 1. The Labute approximate surface area is 254 Å². The first-order chi connectivity index (χ1) is 21.7. The molecule has 13 heteroatoms. The van der Waals surface area contributed by atoms with Crippen molar-refractivity contribution in [2.24, 2.45) is 0 Å². The molecule has 230 valence electrons. The van der Waals surface area contributed by atoms with Crippen molar-refractivity contribution >= 4 is 22.5 Å². The van der Waals surface area contributed by atoms with E-state index >= 15 is 4.39 Å². The van der Waals surface area contributed by atoms with Crippen molar-refractivity contribution < 1.29 is 32.5 Å². The number of carbonyl (C=O) groups is 1. The SMILES string of the molecule is CCn1cc(C(=O)Nc2cc(F)c(Oc3ccnc4cc(OC)c5c(c34)OCCO5)cc2C)c(=O)n(-c2ccc(F)cc2)c1=O. The van der Waals surface area contributed by atoms with Crippen molar-refractivity contribution in [2.75, 3.05) is 25.6 Å². The van der Waals surface area contributed by atoms with Crippen molar-refractivity contribution in [3.8, 4) is 34.4 Å². The second kappa shape index (κ2) is 11.8. The maximum Gasteiger partial charge on any atom is 0.335 e. The van der Waals surface area contributed by atoms with E-state index in [0.29, 0.717) is 40.3 Å². The smallest absolute Gasteiger partial charge is 0.335 e. The summed E-state index contributed by atoms with van der Waals surface area (Å²) in [5.74, 6) is -0.936. The fourth-order valence-corrected chi connectivity index (χ4v) is 4.99. The first-order valence-corrected chi connectivity index (χ1v) is 13.9. The molecule has 5 aromatic rings. The molecule has 0 unspecified atom stereocenters. The minimum absolute atomic E-state index is 0.0743. The molecule has 0 spiro atoms. The number of aromatic nitrogens is 3. The lowest BCUT2D eigenvalue weighted by atomic mass is 10.1. The van der Waals surface area contributed by atoms with Crippen LogP contribution in [0.5, 0.6) is 28.7 Å². The number of anilines is 1. The predicted octanol–water partition coefficient (Wildman–Crippen LogP) is 4.98. The highest BCUT2D eigenvalue weighted by Gasteiger charge is 2.25. The zero-order chi connectivity index (χ0) is 31.8. The van der Waals surface area contributed by atoms with Gasteiger partial charge in [0.1, 0.15) is 30.3 Å². The Bertz CT molecular complexity index is 2090. The van der Waals surface area contributed by atoms with Crippen LogP contribution in [0.15, 0.2) is 70.5 Å². The van der Waals surface area contributed by atoms with Crippen LogP contribution in [0.25, 0.3) is 16.6 Å². The second-order valence-electron chi connectivity index (χ2n) is 10.0. The zero-order valence-corrected chi connectivity index (χ0v) is 24.4. The Balaban J connectivity index is 1.33. The third-order valence-corrected chi connectivity index (χ3v) is 7.24. The van der Waals surface area contributed by atoms with Gasteiger partial charge >= 0.3 is 5.69 Å². The van der Waals surface area contributed by atoms with Crippen LogP contribution >= 0.6 is 0 Å². The van der Waals surface area contributed by atoms with Gasteiger partial charge in [0, 0.05) is 36.8 Å². The monoisotopic (exact) mass is 616 g/mol. The maximum atomic E-state index is 15.5. The van der Waals surface area contributed by atoms with Crippen molar-refractivity contribution in [3.05, 3.63) is 105 Å². The van der Waals surface area contributed by atoms with Crippen LogP contribution in [-0.2, 0) is 6.54 Å². The van der Waals surface area contributed by atoms with Gasteiger partial charge in [0.2, 0.25) is 5.75 Å². The summed E-state index contributed by atoms with van der Waals surface area (Å²) in [5, 5.41) is 3.02. The van der Waals surface area contributed by atoms with Crippen molar-refractivity contribution in [2.45, 2.75) is 20.4 Å². The molecular weight excluding hydrogens is 590 g/mol. The minimum atomic E-state index is -0.914. The number of hydrogen-bond acceptors (Lipinski definition) is 8. The quantitative estimate of drug-likeness (QED) is 0.272. The number of methoxy groups -OCH3 is 1. The number of hydrogen-bond donors (Lipinski definition) is 1. The Morgan fingerprint density at radius 2 is 1.73 bits per heavy atom. The lowest BCUT2D eigenvalue weighted by Crippen LogP contribution is -2.42. The Kier molecular flexibility index (Phi) is 7.67. The third kappa shape index (κ3) is 5.32. The average molecular weight is 617 g/mol. The highest BCUT2D eigenvalue weighted by Crippen LogP contribution is 2.48. The molecule has 0 saturated heterocycles. The molecule has 0 fully saturated rings. The number of rotatable bonds is 7. The molecule has 2 aromatic heterocycles. The molecule has 11 nitrogen and oxygen atoms in total. The van der Waals surface area contributed by atoms with Crippen molar-refractivity contribution in [1.82, 2.24) is 14.1 Å². The zero-order valence-electron chi connectivity index (χ0n) is 24.4. The largest absolute Gasteiger partial charge is 0.493 e. The number of halogens is 2. The standard InChI is InChI=1S/C32H26F2N4O7/c1-4-37-16-20(31(40)38(32(37)41)19-7-5-18(33)6-8-19)30(39)36-22-14-21(34)25(13-17(22)2)45-24-9-10-35-23-15-26(42-3)28-29(27(23)24)44-12-11-43-28/h5-10,13-16H,4,11-12H2,1-3H3,(H,36,39). The average Bonchev–Trinajstić information content (AvgIpc) is 3.04. The van der Waals surface area contributed by atoms with Crippen LogP contribution in [0, 0.1) is 18.6 Å². The fourth-order valence-electron chi connectivity index (χ4n) is 4.99. The van der Waals surface area contributed by atoms with Crippen LogP contribution in [0.2, 0.25) is 0 Å². The van der Waals surface area contributed by atoms with Gasteiger partial charge in [0.15, 0.2) is 23.1 Å². The maximum absolute atomic E-state index is 15.5. The number of carbonyl (C=O) groups excluding carboxylic acids is 1. The summed E-state index contributed by atoms with van der Waals surface area (Å²) in [6.07, 6.45) is 2.64. The van der Waals surface area contributed by atoms with Gasteiger partial charge in [-0.05, 0) is 55.8 Å². The lowest BCUT2D eigenvalue weighted by molar-refractivity contribution is 0.102. The van der Waals surface area contributed by atoms with E-state index in [0.717, 1.165) is 29.0 Å². The first-order valence-electron chi connectivity index (χ1n) is 13.9. The molecule has 0 radical (unpaired) electrons. The summed E-state index contributed by atoms with van der Waals surface area (Å²) in [7, 11) is 1.50. The number of benzene rings is 3. The molecule has 1 aliphatic heterocycles. The number of nitrogens with one attached hydrogen (secondary N) is 1. The van der Waals surface area contributed by atoms with E-state index in [4.69, 9.17) is 18.9 Å². The van der Waals surface area contributed by atoms with Gasteiger partial charge in [-0.25, -0.2) is 18.1 Å². The molecule has 0 saturated carbocycles. The molecule has 45 heavy (non-hydrogen) atoms. The second-order valence-corrected chi connectivity index (χ2v) is 10.0. The molecule has 1 amide bonds. The van der Waals surface area contributed by atoms with Gasteiger partial charge in [-0.3, -0.25) is 19.1 Å². The summed E-state index contributed by atoms with van der Waals surface area (Å²) in [6.45, 7) is 4.05. The normalized spacial score (nSPS) is 12.2. The summed E-state index contributed by atoms with van der Waals surface area (Å²) < 4.78 is 54.0. The molecule has 0 aliphatic carbocycles. The first kappa shape index (κ1) is 29.4. The van der Waals surface area contributed by atoms with Crippen molar-refractivity contribution in [3.63, 3.8) is 0 Å². The Morgan fingerprint density at radius 1 is 1.00 bits per heavy atom. The van der Waals surface area contributed by atoms with E-state index in [2.05, 4.69) is 10.3 Å². The minimum Gasteiger partial charge on any atom is -0.493 e. The van der Waals surface area contributed by atoms with Gasteiger partial charge in [-0.1, -0.05) is 0 Å². The van der Waals surface area contributed by atoms with Gasteiger partial charge in [0.05, 0.1) is 23.7 Å². The van der Waals surface area contributed by atoms with Crippen LogP contribution in [0.3, 0.4) is 0 Å². The topological polar surface area (TPSA) is 123 Å². The molecule has 0 atom stereocenters. The van der Waals surface area contributed by atoms with E-state index in [1.54, 1.807) is 26.0 Å². The highest BCUT2D eigenvalue weighted by atomic mass is 19.1. The number of fused-ring (bicyclic) bond motifs is 3. The van der Waals surface area contributed by atoms with E-state index in [1.807, 2.05) is 0 Å². The summed E-state index contributed by atoms with van der Waals surface area (Å²) >= 11 is 0. The summed E-state index contributed by atoms with van der Waals surface area (Å²) in [5.41, 5.74) is -0.917. The van der Waals surface area contributed by atoms with Gasteiger partial charge in [-0.15, -0.1) is 0 Å². The van der Waals surface area contributed by atoms with E-state index in [9.17, 15) is 18.8 Å². The van der Waals surface area contributed by atoms with E-state index < -0.39 is 28.8 Å². The predicted molar refractivity (Wildman–Crippen MR) is 160 cm³/mol. The highest BCUT2D eigenvalue weighted by molar-refractivity contribution is 6.04. The van der Waals surface area contributed by atoms with Gasteiger partial charge in [0.25, 0.3) is 11.5 Å². The Morgan fingerprint density at radius 3 is 2.44 bits per heavy atom. The van der Waals surface area contributed by atoms with E-state index in [-0.39, 0.29) is 41.6 Å². The number of aryl methyl sites for hydroxylation is 2. The molecular formula is C32H26F2N4O7. The molecule has 1 N–H and O–H groups in total. The third-order valence-electron chi connectivity index (χ3n) is 7.24. The van der Waals surface area contributed by atoms with Crippen LogP contribution in [0.4, 0.5) is 14.5 Å². The summed E-state index contributed by atoms with van der Waals surface area (Å²) in [4.78, 5) is 43.9. The summed E-state index contributed by atoms with van der Waals surface area (Å²) in [6, 6.07) is 10.4.